The molecule has 0 spiro atoms. The summed E-state index contributed by atoms with van der Waals surface area (Å²) in [7, 11) is -7.40. The molecular formula is C4F11O4P. The van der Waals surface area contributed by atoms with Crippen LogP contribution < -0.4 is 0 Å². The van der Waals surface area contributed by atoms with Gasteiger partial charge in [-0.2, -0.15) is 31.0 Å². The van der Waals surface area contributed by atoms with Crippen LogP contribution in [0, 0.1) is 0 Å². The van der Waals surface area contributed by atoms with Gasteiger partial charge in [-0.05, 0) is 0 Å². The van der Waals surface area contributed by atoms with E-state index in [-0.39, 0.29) is 0 Å². The summed E-state index contributed by atoms with van der Waals surface area (Å²) in [4.78, 5) is 0. The maximum atomic E-state index is 12.2. The van der Waals surface area contributed by atoms with E-state index in [2.05, 4.69) is 0 Å². The fourth-order valence-corrected chi connectivity index (χ4v) is 1.50. The molecule has 0 unspecified atom stereocenters. The van der Waals surface area contributed by atoms with Crippen LogP contribution in [0.25, 0.3) is 0 Å². The quantitative estimate of drug-likeness (QED) is 0.558. The topological polar surface area (TPSA) is 44.8 Å². The van der Waals surface area contributed by atoms with Gasteiger partial charge in [0.05, 0.1) is 0 Å². The van der Waals surface area contributed by atoms with E-state index in [1.165, 1.54) is 0 Å². The molecule has 0 bridgehead atoms. The molecule has 122 valence electrons. The first-order chi connectivity index (χ1) is 8.37. The highest BCUT2D eigenvalue weighted by atomic mass is 31.2. The van der Waals surface area contributed by atoms with Gasteiger partial charge in [0.15, 0.2) is 0 Å². The molecule has 0 aliphatic heterocycles. The standard InChI is InChI=1S/C4F11O4P/c5-1(6,7)2(8,9)17-20(16,18-3(10,11)12)19-4(13,14)15. The predicted molar refractivity (Wildman–Crippen MR) is 34.0 cm³/mol. The Hall–Kier alpha value is -0.660. The summed E-state index contributed by atoms with van der Waals surface area (Å²) in [5.74, 6) is 0. The third-order valence-electron chi connectivity index (χ3n) is 0.987. The number of alkyl halides is 11. The molecule has 0 aliphatic rings. The molecule has 20 heavy (non-hydrogen) atoms. The van der Waals surface area contributed by atoms with Crippen LogP contribution in [0.15, 0.2) is 0 Å². The molecule has 0 rings (SSSR count). The molecule has 0 aromatic heterocycles. The first-order valence-electron chi connectivity index (χ1n) is 3.67. The van der Waals surface area contributed by atoms with E-state index in [0.29, 0.717) is 0 Å². The van der Waals surface area contributed by atoms with Crippen molar-refractivity contribution in [3.05, 3.63) is 0 Å². The Morgan fingerprint density at radius 1 is 0.600 bits per heavy atom. The highest BCUT2D eigenvalue weighted by Gasteiger charge is 2.66. The Morgan fingerprint density at radius 3 is 1.10 bits per heavy atom. The summed E-state index contributed by atoms with van der Waals surface area (Å²) in [6.07, 6.45) is -26.1. The van der Waals surface area contributed by atoms with Crippen molar-refractivity contribution in [3.63, 3.8) is 0 Å². The molecule has 0 amide bonds. The zero-order valence-corrected chi connectivity index (χ0v) is 9.13. The van der Waals surface area contributed by atoms with E-state index in [4.69, 9.17) is 0 Å². The van der Waals surface area contributed by atoms with Gasteiger partial charge in [0.2, 0.25) is 0 Å². The number of phosphoric ester groups is 1. The van der Waals surface area contributed by atoms with E-state index < -0.39 is 32.8 Å². The highest BCUT2D eigenvalue weighted by Crippen LogP contribution is 2.61. The Bertz CT molecular complexity index is 359. The molecule has 0 aliphatic carbocycles. The van der Waals surface area contributed by atoms with Crippen LogP contribution in [-0.2, 0) is 18.1 Å². The van der Waals surface area contributed by atoms with Crippen LogP contribution in [0.2, 0.25) is 0 Å². The number of hydrogen-bond donors (Lipinski definition) is 0. The van der Waals surface area contributed by atoms with Crippen LogP contribution in [-0.4, -0.2) is 25.0 Å². The van der Waals surface area contributed by atoms with Gasteiger partial charge in [-0.1, -0.05) is 0 Å². The minimum Gasteiger partial charge on any atom is -0.227 e. The fraction of sp³-hybridized carbons (Fsp3) is 1.00. The average Bonchev–Trinajstić information content (AvgIpc) is 1.88. The lowest BCUT2D eigenvalue weighted by Crippen LogP contribution is -2.39. The Kier molecular flexibility index (Phi) is 5.10. The van der Waals surface area contributed by atoms with Crippen molar-refractivity contribution in [3.8, 4) is 0 Å². The minimum atomic E-state index is -7.40. The minimum absolute atomic E-state index is 1.94. The number of hydrogen-bond acceptors (Lipinski definition) is 4. The second-order valence-corrected chi connectivity index (χ2v) is 4.07. The number of phosphoric acid groups is 1. The number of halogens is 11. The van der Waals surface area contributed by atoms with Crippen molar-refractivity contribution < 1.29 is 66.4 Å². The van der Waals surface area contributed by atoms with Gasteiger partial charge in [0, 0.05) is 0 Å². The van der Waals surface area contributed by atoms with Gasteiger partial charge in [0.25, 0.3) is 0 Å². The van der Waals surface area contributed by atoms with Crippen LogP contribution in [0.3, 0.4) is 0 Å². The van der Waals surface area contributed by atoms with Crippen molar-refractivity contribution >= 4 is 7.82 Å². The summed E-state index contributed by atoms with van der Waals surface area (Å²) in [5, 5.41) is 0. The molecule has 0 saturated carbocycles. The van der Waals surface area contributed by atoms with Crippen LogP contribution in [0.1, 0.15) is 0 Å². The monoisotopic (exact) mass is 352 g/mol. The van der Waals surface area contributed by atoms with Gasteiger partial charge in [-0.3, -0.25) is 0 Å². The molecule has 0 heterocycles. The summed E-state index contributed by atoms with van der Waals surface area (Å²) in [6.45, 7) is 0. The second kappa shape index (κ2) is 5.27. The van der Waals surface area contributed by atoms with Gasteiger partial charge in [0.1, 0.15) is 0 Å². The lowest BCUT2D eigenvalue weighted by molar-refractivity contribution is -0.380. The van der Waals surface area contributed by atoms with E-state index >= 15 is 0 Å². The molecule has 0 N–H and O–H groups in total. The van der Waals surface area contributed by atoms with Gasteiger partial charge in [-0.25, -0.2) is 9.09 Å². The highest BCUT2D eigenvalue weighted by molar-refractivity contribution is 7.48. The molecule has 0 atom stereocenters. The van der Waals surface area contributed by atoms with E-state index in [1.54, 1.807) is 0 Å². The fourth-order valence-electron chi connectivity index (χ4n) is 0.502. The van der Waals surface area contributed by atoms with Crippen molar-refractivity contribution in [2.75, 3.05) is 0 Å². The average molecular weight is 352 g/mol. The Balaban J connectivity index is 5.41. The largest absolute Gasteiger partial charge is 0.531 e. The molecular weight excluding hydrogens is 352 g/mol. The molecule has 0 saturated heterocycles. The lowest BCUT2D eigenvalue weighted by Gasteiger charge is -2.25. The maximum Gasteiger partial charge on any atom is 0.531 e. The zero-order valence-electron chi connectivity index (χ0n) is 8.24. The maximum absolute atomic E-state index is 12.2. The van der Waals surface area contributed by atoms with Crippen molar-refractivity contribution in [1.82, 2.24) is 0 Å². The second-order valence-electron chi connectivity index (χ2n) is 2.63. The van der Waals surface area contributed by atoms with E-state index in [1.807, 2.05) is 13.6 Å². The molecule has 16 heteroatoms. The molecule has 4 nitrogen and oxygen atoms in total. The smallest absolute Gasteiger partial charge is 0.227 e. The van der Waals surface area contributed by atoms with E-state index in [0.717, 1.165) is 0 Å². The SMILES string of the molecule is O=P(OC(F)(F)F)(OC(F)(F)F)OC(F)(F)C(F)(F)F. The zero-order chi connectivity index (χ0) is 16.6. The van der Waals surface area contributed by atoms with Gasteiger partial charge in [-0.15, -0.1) is 26.3 Å². The van der Waals surface area contributed by atoms with Crippen molar-refractivity contribution in [1.29, 1.82) is 0 Å². The Morgan fingerprint density at radius 2 is 0.900 bits per heavy atom. The van der Waals surface area contributed by atoms with Crippen molar-refractivity contribution in [2.24, 2.45) is 0 Å². The molecule has 0 aromatic rings. The van der Waals surface area contributed by atoms with Crippen molar-refractivity contribution in [2.45, 2.75) is 25.0 Å². The third kappa shape index (κ3) is 6.67. The molecule has 0 aromatic carbocycles. The van der Waals surface area contributed by atoms with Crippen LogP contribution in [0.4, 0.5) is 48.3 Å². The summed E-state index contributed by atoms with van der Waals surface area (Å²) >= 11 is 0. The molecule has 0 fully saturated rings. The predicted octanol–water partition coefficient (Wildman–Crippen LogP) is 4.34. The normalized spacial score (nSPS) is 15.6. The Labute approximate surface area is 101 Å². The lowest BCUT2D eigenvalue weighted by atomic mass is 10.6. The van der Waals surface area contributed by atoms with Gasteiger partial charge < -0.3 is 0 Å². The van der Waals surface area contributed by atoms with Crippen LogP contribution in [0.5, 0.6) is 0 Å². The van der Waals surface area contributed by atoms with Gasteiger partial charge >= 0.3 is 32.8 Å². The first-order valence-corrected chi connectivity index (χ1v) is 5.13. The number of rotatable bonds is 4. The van der Waals surface area contributed by atoms with E-state index in [9.17, 15) is 52.9 Å². The summed E-state index contributed by atoms with van der Waals surface area (Å²) < 4.78 is 145. The first kappa shape index (κ1) is 19.3. The van der Waals surface area contributed by atoms with Crippen LogP contribution >= 0.6 is 7.82 Å². The molecule has 0 radical (unpaired) electrons. The summed E-state index contributed by atoms with van der Waals surface area (Å²) in [6, 6.07) is 0. The summed E-state index contributed by atoms with van der Waals surface area (Å²) in [5.41, 5.74) is 0. The third-order valence-corrected chi connectivity index (χ3v) is 2.30.